The molecule has 1 aromatic heterocycles. The maximum Gasteiger partial charge on any atom is 0.0570 e. The maximum absolute atomic E-state index is 4.25. The van der Waals surface area contributed by atoms with Crippen LogP contribution >= 0.6 is 24.0 Å². The van der Waals surface area contributed by atoms with Crippen LogP contribution in [0.2, 0.25) is 0 Å². The third kappa shape index (κ3) is 2.35. The third-order valence-electron chi connectivity index (χ3n) is 1.42. The van der Waals surface area contributed by atoms with Gasteiger partial charge in [-0.2, -0.15) is 0 Å². The average Bonchev–Trinajstić information content (AvgIpc) is 2.31. The SMILES string of the molecule is CCCCc1ccc(S)s1. The molecule has 0 bridgehead atoms. The zero-order valence-electron chi connectivity index (χ0n) is 6.13. The number of thiol groups is 1. The van der Waals surface area contributed by atoms with Crippen LogP contribution in [-0.4, -0.2) is 0 Å². The molecular weight excluding hydrogens is 160 g/mol. The Morgan fingerprint density at radius 3 is 2.80 bits per heavy atom. The molecule has 0 saturated heterocycles. The lowest BCUT2D eigenvalue weighted by Gasteiger charge is -1.90. The fraction of sp³-hybridized carbons (Fsp3) is 0.500. The zero-order valence-corrected chi connectivity index (χ0v) is 7.84. The van der Waals surface area contributed by atoms with Gasteiger partial charge in [0.05, 0.1) is 4.21 Å². The smallest absolute Gasteiger partial charge is 0.0570 e. The van der Waals surface area contributed by atoms with E-state index < -0.39 is 0 Å². The van der Waals surface area contributed by atoms with E-state index in [9.17, 15) is 0 Å². The highest BCUT2D eigenvalue weighted by atomic mass is 32.2. The Morgan fingerprint density at radius 1 is 1.50 bits per heavy atom. The molecule has 0 radical (unpaired) electrons. The number of aryl methyl sites for hydroxylation is 1. The highest BCUT2D eigenvalue weighted by Gasteiger charge is 1.94. The number of unbranched alkanes of at least 4 members (excludes halogenated alkanes) is 1. The summed E-state index contributed by atoms with van der Waals surface area (Å²) in [6.45, 7) is 2.22. The van der Waals surface area contributed by atoms with E-state index in [2.05, 4.69) is 31.7 Å². The van der Waals surface area contributed by atoms with Gasteiger partial charge in [-0.3, -0.25) is 0 Å². The van der Waals surface area contributed by atoms with Gasteiger partial charge in [0.25, 0.3) is 0 Å². The number of thiophene rings is 1. The van der Waals surface area contributed by atoms with E-state index in [1.54, 1.807) is 11.3 Å². The zero-order chi connectivity index (χ0) is 7.40. The highest BCUT2D eigenvalue weighted by molar-refractivity contribution is 7.82. The van der Waals surface area contributed by atoms with Crippen molar-refractivity contribution in [3.63, 3.8) is 0 Å². The molecule has 0 aromatic carbocycles. The summed E-state index contributed by atoms with van der Waals surface area (Å²) in [7, 11) is 0. The first-order valence-electron chi connectivity index (χ1n) is 3.60. The molecule has 56 valence electrons. The van der Waals surface area contributed by atoms with Crippen LogP contribution in [0, 0.1) is 0 Å². The van der Waals surface area contributed by atoms with Crippen molar-refractivity contribution in [3.8, 4) is 0 Å². The van der Waals surface area contributed by atoms with Crippen molar-refractivity contribution in [1.82, 2.24) is 0 Å². The van der Waals surface area contributed by atoms with Crippen LogP contribution in [0.1, 0.15) is 24.6 Å². The Balaban J connectivity index is 2.42. The molecule has 0 aliphatic rings. The summed E-state index contributed by atoms with van der Waals surface area (Å²) in [5, 5.41) is 0. The van der Waals surface area contributed by atoms with E-state index in [0.717, 1.165) is 4.21 Å². The molecule has 0 atom stereocenters. The van der Waals surface area contributed by atoms with Crippen LogP contribution in [0.5, 0.6) is 0 Å². The third-order valence-corrected chi connectivity index (χ3v) is 2.79. The van der Waals surface area contributed by atoms with Gasteiger partial charge < -0.3 is 0 Å². The normalized spacial score (nSPS) is 10.2. The largest absolute Gasteiger partial charge is 0.134 e. The monoisotopic (exact) mass is 172 g/mol. The molecule has 0 saturated carbocycles. The summed E-state index contributed by atoms with van der Waals surface area (Å²) in [5.74, 6) is 0. The van der Waals surface area contributed by atoms with Crippen LogP contribution in [0.3, 0.4) is 0 Å². The number of hydrogen-bond acceptors (Lipinski definition) is 2. The van der Waals surface area contributed by atoms with Crippen LogP contribution < -0.4 is 0 Å². The molecule has 0 unspecified atom stereocenters. The van der Waals surface area contributed by atoms with Crippen molar-refractivity contribution in [1.29, 1.82) is 0 Å². The van der Waals surface area contributed by atoms with Gasteiger partial charge in [-0.25, -0.2) is 0 Å². The van der Waals surface area contributed by atoms with E-state index in [4.69, 9.17) is 0 Å². The topological polar surface area (TPSA) is 0 Å². The summed E-state index contributed by atoms with van der Waals surface area (Å²) in [5.41, 5.74) is 0. The molecule has 2 heteroatoms. The number of hydrogen-bond donors (Lipinski definition) is 1. The predicted octanol–water partition coefficient (Wildman–Crippen LogP) is 3.38. The second kappa shape index (κ2) is 4.04. The van der Waals surface area contributed by atoms with Crippen molar-refractivity contribution in [2.45, 2.75) is 30.4 Å². The van der Waals surface area contributed by atoms with Crippen molar-refractivity contribution in [3.05, 3.63) is 17.0 Å². The molecule has 0 fully saturated rings. The van der Waals surface area contributed by atoms with Crippen molar-refractivity contribution < 1.29 is 0 Å². The minimum Gasteiger partial charge on any atom is -0.134 e. The maximum atomic E-state index is 4.25. The van der Waals surface area contributed by atoms with Crippen molar-refractivity contribution in [2.24, 2.45) is 0 Å². The van der Waals surface area contributed by atoms with Gasteiger partial charge in [0.2, 0.25) is 0 Å². The lowest BCUT2D eigenvalue weighted by atomic mass is 10.2. The lowest BCUT2D eigenvalue weighted by molar-refractivity contribution is 0.804. The molecule has 10 heavy (non-hydrogen) atoms. The fourth-order valence-electron chi connectivity index (χ4n) is 0.852. The molecule has 0 aliphatic carbocycles. The molecule has 1 heterocycles. The van der Waals surface area contributed by atoms with Gasteiger partial charge in [-0.05, 0) is 25.0 Å². The summed E-state index contributed by atoms with van der Waals surface area (Å²) in [6.07, 6.45) is 3.80. The Hall–Kier alpha value is 0.0500. The molecule has 0 nitrogen and oxygen atoms in total. The van der Waals surface area contributed by atoms with Gasteiger partial charge >= 0.3 is 0 Å². The number of rotatable bonds is 3. The minimum atomic E-state index is 1.13. The molecule has 1 rings (SSSR count). The molecule has 0 N–H and O–H groups in total. The van der Waals surface area contributed by atoms with Crippen LogP contribution in [0.15, 0.2) is 16.3 Å². The predicted molar refractivity (Wildman–Crippen MR) is 50.2 cm³/mol. The van der Waals surface area contributed by atoms with Crippen LogP contribution in [-0.2, 0) is 6.42 Å². The summed E-state index contributed by atoms with van der Waals surface area (Å²) < 4.78 is 1.13. The van der Waals surface area contributed by atoms with Crippen molar-refractivity contribution in [2.75, 3.05) is 0 Å². The molecule has 1 aromatic rings. The highest BCUT2D eigenvalue weighted by Crippen LogP contribution is 2.20. The second-order valence-electron chi connectivity index (χ2n) is 2.34. The van der Waals surface area contributed by atoms with Gasteiger partial charge in [0.15, 0.2) is 0 Å². The first-order chi connectivity index (χ1) is 4.83. The molecule has 0 aliphatic heterocycles. The summed E-state index contributed by atoms with van der Waals surface area (Å²) in [6, 6.07) is 4.24. The molecule has 0 amide bonds. The van der Waals surface area contributed by atoms with E-state index in [1.165, 1.54) is 24.1 Å². The molecule has 0 spiro atoms. The summed E-state index contributed by atoms with van der Waals surface area (Å²) >= 11 is 6.04. The van der Waals surface area contributed by atoms with Gasteiger partial charge in [0.1, 0.15) is 0 Å². The fourth-order valence-corrected chi connectivity index (χ4v) is 2.07. The van der Waals surface area contributed by atoms with Gasteiger partial charge in [-0.1, -0.05) is 13.3 Å². The average molecular weight is 172 g/mol. The van der Waals surface area contributed by atoms with E-state index in [-0.39, 0.29) is 0 Å². The van der Waals surface area contributed by atoms with E-state index in [0.29, 0.717) is 0 Å². The Morgan fingerprint density at radius 2 is 2.30 bits per heavy atom. The Bertz CT molecular complexity index is 191. The lowest BCUT2D eigenvalue weighted by Crippen LogP contribution is -1.76. The first kappa shape index (κ1) is 8.15. The van der Waals surface area contributed by atoms with Gasteiger partial charge in [0, 0.05) is 4.88 Å². The Kier molecular flexibility index (Phi) is 3.29. The first-order valence-corrected chi connectivity index (χ1v) is 4.87. The van der Waals surface area contributed by atoms with Gasteiger partial charge in [-0.15, -0.1) is 24.0 Å². The second-order valence-corrected chi connectivity index (χ2v) is 4.30. The van der Waals surface area contributed by atoms with E-state index >= 15 is 0 Å². The minimum absolute atomic E-state index is 1.13. The molecular formula is C8H12S2. The summed E-state index contributed by atoms with van der Waals surface area (Å²) in [4.78, 5) is 1.46. The van der Waals surface area contributed by atoms with Crippen molar-refractivity contribution >= 4 is 24.0 Å². The quantitative estimate of drug-likeness (QED) is 0.664. The van der Waals surface area contributed by atoms with Crippen LogP contribution in [0.25, 0.3) is 0 Å². The van der Waals surface area contributed by atoms with Crippen LogP contribution in [0.4, 0.5) is 0 Å². The van der Waals surface area contributed by atoms with E-state index in [1.807, 2.05) is 0 Å². The standard InChI is InChI=1S/C8H12S2/c1-2-3-4-7-5-6-8(9)10-7/h5-6,9H,2-4H2,1H3. The Labute approximate surface area is 71.7 Å².